The molecule has 1 unspecified atom stereocenters. The fraction of sp³-hybridized carbons (Fsp3) is 0.538. The predicted octanol–water partition coefficient (Wildman–Crippen LogP) is 3.75. The summed E-state index contributed by atoms with van der Waals surface area (Å²) >= 11 is 5.63. The highest BCUT2D eigenvalue weighted by molar-refractivity contribution is 6.30. The van der Waals surface area contributed by atoms with Crippen LogP contribution in [0.15, 0.2) is 18.2 Å². The van der Waals surface area contributed by atoms with Crippen molar-refractivity contribution in [3.05, 3.63) is 34.6 Å². The fourth-order valence-corrected chi connectivity index (χ4v) is 1.61. The minimum atomic E-state index is -1.00. The standard InChI is InChI=1S/C13H18ClF2N/c1-13(2,3)17-8-10(15)6-9-4-5-12(16)11(14)7-9/h4-5,7,10,17H,6,8H2,1-3H3. The van der Waals surface area contributed by atoms with E-state index in [1.54, 1.807) is 6.07 Å². The van der Waals surface area contributed by atoms with Crippen molar-refractivity contribution < 1.29 is 8.78 Å². The van der Waals surface area contributed by atoms with E-state index in [9.17, 15) is 8.78 Å². The zero-order valence-electron chi connectivity index (χ0n) is 10.4. The molecule has 0 fully saturated rings. The summed E-state index contributed by atoms with van der Waals surface area (Å²) in [6.07, 6.45) is -0.765. The highest BCUT2D eigenvalue weighted by Gasteiger charge is 2.14. The Morgan fingerprint density at radius 1 is 1.35 bits per heavy atom. The number of alkyl halides is 1. The molecule has 1 atom stereocenters. The van der Waals surface area contributed by atoms with Gasteiger partial charge in [-0.2, -0.15) is 0 Å². The van der Waals surface area contributed by atoms with Crippen molar-refractivity contribution in [2.45, 2.75) is 38.9 Å². The smallest absolute Gasteiger partial charge is 0.141 e. The number of benzene rings is 1. The molecule has 4 heteroatoms. The Labute approximate surface area is 106 Å². The summed E-state index contributed by atoms with van der Waals surface area (Å²) in [5.41, 5.74) is 0.602. The minimum absolute atomic E-state index is 0.0403. The summed E-state index contributed by atoms with van der Waals surface area (Å²) in [5.74, 6) is -0.473. The first kappa shape index (κ1) is 14.4. The monoisotopic (exact) mass is 261 g/mol. The van der Waals surface area contributed by atoms with E-state index in [1.807, 2.05) is 20.8 Å². The van der Waals surface area contributed by atoms with Crippen molar-refractivity contribution in [3.63, 3.8) is 0 Å². The van der Waals surface area contributed by atoms with Gasteiger partial charge < -0.3 is 5.32 Å². The first-order valence-electron chi connectivity index (χ1n) is 5.61. The molecule has 0 aliphatic heterocycles. The van der Waals surface area contributed by atoms with Gasteiger partial charge in [-0.15, -0.1) is 0 Å². The fourth-order valence-electron chi connectivity index (χ4n) is 1.41. The van der Waals surface area contributed by atoms with E-state index in [0.29, 0.717) is 5.56 Å². The first-order chi connectivity index (χ1) is 7.78. The second-order valence-corrected chi connectivity index (χ2v) is 5.59. The van der Waals surface area contributed by atoms with E-state index in [2.05, 4.69) is 5.32 Å². The van der Waals surface area contributed by atoms with Gasteiger partial charge in [-0.3, -0.25) is 0 Å². The topological polar surface area (TPSA) is 12.0 Å². The summed E-state index contributed by atoms with van der Waals surface area (Å²) in [4.78, 5) is 0. The highest BCUT2D eigenvalue weighted by Crippen LogP contribution is 2.17. The van der Waals surface area contributed by atoms with Crippen LogP contribution < -0.4 is 5.32 Å². The van der Waals surface area contributed by atoms with Crippen LogP contribution in [0.5, 0.6) is 0 Å². The molecule has 17 heavy (non-hydrogen) atoms. The van der Waals surface area contributed by atoms with Gasteiger partial charge in [-0.25, -0.2) is 8.78 Å². The van der Waals surface area contributed by atoms with Gasteiger partial charge in [-0.1, -0.05) is 17.7 Å². The first-order valence-corrected chi connectivity index (χ1v) is 5.99. The zero-order chi connectivity index (χ0) is 13.1. The van der Waals surface area contributed by atoms with Gasteiger partial charge in [0.15, 0.2) is 0 Å². The van der Waals surface area contributed by atoms with Crippen LogP contribution in [-0.4, -0.2) is 18.3 Å². The molecule has 0 saturated heterocycles. The summed E-state index contributed by atoms with van der Waals surface area (Å²) < 4.78 is 26.6. The van der Waals surface area contributed by atoms with Crippen molar-refractivity contribution in [1.29, 1.82) is 0 Å². The van der Waals surface area contributed by atoms with Crippen LogP contribution in [0.3, 0.4) is 0 Å². The SMILES string of the molecule is CC(C)(C)NCC(F)Cc1ccc(F)c(Cl)c1. The molecule has 0 aliphatic rings. The second-order valence-electron chi connectivity index (χ2n) is 5.18. The molecule has 0 aliphatic carbocycles. The third-order valence-corrected chi connectivity index (χ3v) is 2.58. The largest absolute Gasteiger partial charge is 0.309 e. The Balaban J connectivity index is 2.50. The maximum absolute atomic E-state index is 13.7. The van der Waals surface area contributed by atoms with Crippen molar-refractivity contribution in [2.24, 2.45) is 0 Å². The van der Waals surface area contributed by atoms with Gasteiger partial charge in [0.05, 0.1) is 5.02 Å². The molecular formula is C13H18ClF2N. The summed E-state index contributed by atoms with van der Waals surface area (Å²) in [7, 11) is 0. The molecule has 0 spiro atoms. The lowest BCUT2D eigenvalue weighted by Gasteiger charge is -2.22. The number of rotatable bonds is 4. The lowest BCUT2D eigenvalue weighted by Crippen LogP contribution is -2.40. The molecule has 1 rings (SSSR count). The molecule has 1 N–H and O–H groups in total. The van der Waals surface area contributed by atoms with Crippen molar-refractivity contribution in [2.75, 3.05) is 6.54 Å². The molecule has 0 amide bonds. The molecule has 0 heterocycles. The van der Waals surface area contributed by atoms with Gasteiger partial charge in [0.2, 0.25) is 0 Å². The van der Waals surface area contributed by atoms with E-state index in [1.165, 1.54) is 12.1 Å². The Bertz CT molecular complexity index is 374. The Hall–Kier alpha value is -0.670. The van der Waals surface area contributed by atoms with E-state index in [0.717, 1.165) is 0 Å². The maximum Gasteiger partial charge on any atom is 0.141 e. The molecular weight excluding hydrogens is 244 g/mol. The Morgan fingerprint density at radius 2 is 2.00 bits per heavy atom. The third kappa shape index (κ3) is 5.46. The normalized spacial score (nSPS) is 13.8. The minimum Gasteiger partial charge on any atom is -0.309 e. The number of hydrogen-bond acceptors (Lipinski definition) is 1. The van der Waals surface area contributed by atoms with Gasteiger partial charge in [0.1, 0.15) is 12.0 Å². The van der Waals surface area contributed by atoms with E-state index >= 15 is 0 Å². The van der Waals surface area contributed by atoms with Gasteiger partial charge >= 0.3 is 0 Å². The quantitative estimate of drug-likeness (QED) is 0.871. The molecule has 1 aromatic carbocycles. The Kier molecular flexibility index (Phi) is 4.90. The average Bonchev–Trinajstić information content (AvgIpc) is 2.20. The second kappa shape index (κ2) is 5.78. The predicted molar refractivity (Wildman–Crippen MR) is 67.8 cm³/mol. The lowest BCUT2D eigenvalue weighted by molar-refractivity contribution is 0.284. The van der Waals surface area contributed by atoms with Crippen LogP contribution in [0.25, 0.3) is 0 Å². The van der Waals surface area contributed by atoms with Crippen molar-refractivity contribution in [1.82, 2.24) is 5.32 Å². The van der Waals surface area contributed by atoms with Crippen LogP contribution in [0.2, 0.25) is 5.02 Å². The molecule has 0 radical (unpaired) electrons. The molecule has 1 nitrogen and oxygen atoms in total. The van der Waals surface area contributed by atoms with Gasteiger partial charge in [0.25, 0.3) is 0 Å². The van der Waals surface area contributed by atoms with E-state index in [-0.39, 0.29) is 23.5 Å². The van der Waals surface area contributed by atoms with Crippen LogP contribution in [0, 0.1) is 5.82 Å². The van der Waals surface area contributed by atoms with Crippen LogP contribution in [0.1, 0.15) is 26.3 Å². The third-order valence-electron chi connectivity index (χ3n) is 2.30. The number of halogens is 3. The summed E-state index contributed by atoms with van der Waals surface area (Å²) in [6, 6.07) is 4.30. The molecule has 96 valence electrons. The highest BCUT2D eigenvalue weighted by atomic mass is 35.5. The van der Waals surface area contributed by atoms with Crippen LogP contribution in [0.4, 0.5) is 8.78 Å². The Morgan fingerprint density at radius 3 is 2.53 bits per heavy atom. The van der Waals surface area contributed by atoms with E-state index in [4.69, 9.17) is 11.6 Å². The van der Waals surface area contributed by atoms with Crippen molar-refractivity contribution in [3.8, 4) is 0 Å². The van der Waals surface area contributed by atoms with Crippen LogP contribution in [-0.2, 0) is 6.42 Å². The van der Waals surface area contributed by atoms with E-state index < -0.39 is 12.0 Å². The molecule has 0 bridgehead atoms. The molecule has 0 saturated carbocycles. The number of nitrogens with one attached hydrogen (secondary N) is 1. The summed E-state index contributed by atoms with van der Waals surface area (Å²) in [5, 5.41) is 3.13. The molecule has 1 aromatic rings. The maximum atomic E-state index is 13.7. The average molecular weight is 262 g/mol. The number of hydrogen-bond donors (Lipinski definition) is 1. The lowest BCUT2D eigenvalue weighted by atomic mass is 10.1. The van der Waals surface area contributed by atoms with Gasteiger partial charge in [-0.05, 0) is 38.5 Å². The van der Waals surface area contributed by atoms with Crippen LogP contribution >= 0.6 is 11.6 Å². The van der Waals surface area contributed by atoms with Gasteiger partial charge in [0, 0.05) is 18.5 Å². The summed E-state index contributed by atoms with van der Waals surface area (Å²) in [6.45, 7) is 6.22. The van der Waals surface area contributed by atoms with Crippen molar-refractivity contribution >= 4 is 11.6 Å². The zero-order valence-corrected chi connectivity index (χ0v) is 11.1. The molecule has 0 aromatic heterocycles.